The van der Waals surface area contributed by atoms with Crippen molar-refractivity contribution in [2.75, 3.05) is 26.2 Å². The molecule has 13 unspecified atom stereocenters. The number of ether oxygens (including phenoxy) is 1. The number of aromatic hydroxyl groups is 1. The number of phenols is 1. The Morgan fingerprint density at radius 2 is 1.34 bits per heavy atom. The van der Waals surface area contributed by atoms with Crippen molar-refractivity contribution in [3.63, 3.8) is 0 Å². The Kier molecular flexibility index (Phi) is 22.8. The maximum Gasteiger partial charge on any atom is 0.261 e. The third-order valence-corrected chi connectivity index (χ3v) is 16.6. The molecule has 1 aromatic heterocycles. The predicted octanol–water partition coefficient (Wildman–Crippen LogP) is -1.17. The van der Waals surface area contributed by atoms with E-state index in [1.165, 1.54) is 36.5 Å². The van der Waals surface area contributed by atoms with E-state index < -0.39 is 177 Å². The number of nitrogens with two attached hydrogens (primary N) is 1. The van der Waals surface area contributed by atoms with Crippen molar-refractivity contribution in [2.24, 2.45) is 11.7 Å². The van der Waals surface area contributed by atoms with Gasteiger partial charge in [0.1, 0.15) is 52.0 Å². The average molecular weight is 1290 g/mol. The zero-order valence-corrected chi connectivity index (χ0v) is 50.1. The van der Waals surface area contributed by atoms with E-state index in [-0.39, 0.29) is 29.2 Å². The van der Waals surface area contributed by atoms with Crippen LogP contribution in [0.25, 0.3) is 32.3 Å². The average Bonchev–Trinajstić information content (AvgIpc) is 1.68. The number of carbonyl (C=O) groups is 8. The summed E-state index contributed by atoms with van der Waals surface area (Å²) >= 11 is 1.35. The Morgan fingerprint density at radius 3 is 1.97 bits per heavy atom. The monoisotopic (exact) mass is 1290 g/mol. The van der Waals surface area contributed by atoms with Crippen molar-refractivity contribution < 1.29 is 97.7 Å². The van der Waals surface area contributed by atoms with Crippen LogP contribution in [0.2, 0.25) is 0 Å². The molecule has 0 bridgehead atoms. The maximum atomic E-state index is 14.7. The Balaban J connectivity index is 1.08. The first kappa shape index (κ1) is 67.5. The van der Waals surface area contributed by atoms with Gasteiger partial charge in [-0.05, 0) is 66.9 Å². The highest BCUT2D eigenvalue weighted by molar-refractivity contribution is 7.90. The van der Waals surface area contributed by atoms with E-state index in [4.69, 9.17) is 19.9 Å². The molecule has 8 amide bonds. The standard InChI is InChI=1S/C58H68N10O20S2/c1-4-85-37-16-14-31(15-17-37)30-6-10-33(11-7-30)55-65-66-56(89-55)34-12-8-32(9-13-34)50(77)61-38-21-35(70)24-60-54(81)48-49(76)27(2)25-68(48)58(83)47(42(74)23-44(59)75)64-53(80)46(41(73)19-29-5-18-40(72)43(20-29)86-90-88-87-84)63-52(79)39-22-36(71)26-67(39)57(82)45(28(3)69)62-51(38)78/h5-18,20,27-28,35-36,38-39,41-42,45-49,69-74,76,84H,4,19,21-26H2,1-3H3,(H2,59,75)(H,60,81)(H,61,77)(H,62,78)(H,63,79)(H,64,80). The topological polar surface area (TPSA) is 454 Å². The molecular formula is C58H68N10O20S2. The van der Waals surface area contributed by atoms with Crippen LogP contribution in [0.3, 0.4) is 0 Å². The third-order valence-electron chi connectivity index (χ3n) is 15.3. The smallest absolute Gasteiger partial charge is 0.261 e. The number of aliphatic hydroxyl groups is 6. The summed E-state index contributed by atoms with van der Waals surface area (Å²) in [4.78, 5) is 115. The second kappa shape index (κ2) is 30.4. The van der Waals surface area contributed by atoms with E-state index in [1.54, 1.807) is 12.1 Å². The number of benzene rings is 4. The minimum Gasteiger partial charge on any atom is -0.504 e. The summed E-state index contributed by atoms with van der Waals surface area (Å²) in [6.07, 6.45) is -13.6. The lowest BCUT2D eigenvalue weighted by Crippen LogP contribution is -2.64. The van der Waals surface area contributed by atoms with Gasteiger partial charge in [0.15, 0.2) is 11.5 Å². The number of nitrogens with zero attached hydrogens (tertiary/aromatic N) is 4. The van der Waals surface area contributed by atoms with Crippen LogP contribution < -0.4 is 41.2 Å². The molecule has 0 radical (unpaired) electrons. The van der Waals surface area contributed by atoms with Crippen molar-refractivity contribution in [3.05, 3.63) is 102 Å². The van der Waals surface area contributed by atoms with E-state index in [0.29, 0.717) is 22.2 Å². The molecule has 3 aliphatic rings. The van der Waals surface area contributed by atoms with Gasteiger partial charge < -0.3 is 86.8 Å². The fourth-order valence-electron chi connectivity index (χ4n) is 10.6. The second-order valence-electron chi connectivity index (χ2n) is 21.8. The van der Waals surface area contributed by atoms with E-state index >= 15 is 0 Å². The number of rotatable bonds is 18. The summed E-state index contributed by atoms with van der Waals surface area (Å²) in [6.45, 7) is 3.31. The summed E-state index contributed by atoms with van der Waals surface area (Å²) in [7, 11) is 0. The number of aromatic nitrogens is 2. The Labute approximate surface area is 521 Å². The fraction of sp³-hybridized carbons (Fsp3) is 0.414. The van der Waals surface area contributed by atoms with Gasteiger partial charge in [-0.25, -0.2) is 5.26 Å². The lowest BCUT2D eigenvalue weighted by Gasteiger charge is -2.33. The van der Waals surface area contributed by atoms with Crippen molar-refractivity contribution in [1.82, 2.24) is 46.6 Å². The van der Waals surface area contributed by atoms with Crippen LogP contribution in [0.5, 0.6) is 17.2 Å². The third kappa shape index (κ3) is 16.5. The minimum atomic E-state index is -2.22. The molecule has 90 heavy (non-hydrogen) atoms. The number of carbonyl (C=O) groups excluding carboxylic acids is 8. The molecule has 4 aromatic carbocycles. The number of fused-ring (bicyclic) bond motifs is 2. The van der Waals surface area contributed by atoms with Crippen molar-refractivity contribution >= 4 is 70.9 Å². The fourth-order valence-corrected chi connectivity index (χ4v) is 11.7. The van der Waals surface area contributed by atoms with Gasteiger partial charge in [0.2, 0.25) is 41.4 Å². The number of β-amino-alcohol motifs (C(OH)–C–C–N with tert-alkyl or cyclic N) is 1. The number of primary amides is 1. The quantitative estimate of drug-likeness (QED) is 0.0213. The minimum absolute atomic E-state index is 0.0000572. The molecule has 482 valence electrons. The molecule has 0 aliphatic carbocycles. The number of hydrogen-bond donors (Lipinski definition) is 14. The van der Waals surface area contributed by atoms with E-state index in [0.717, 1.165) is 51.3 Å². The van der Waals surface area contributed by atoms with Crippen molar-refractivity contribution in [2.45, 2.75) is 119 Å². The molecule has 0 saturated carbocycles. The molecule has 4 heterocycles. The first-order valence-corrected chi connectivity index (χ1v) is 29.8. The van der Waals surface area contributed by atoms with Crippen LogP contribution in [0.1, 0.15) is 56.0 Å². The highest BCUT2D eigenvalue weighted by atomic mass is 32.2. The van der Waals surface area contributed by atoms with Crippen molar-refractivity contribution in [1.29, 1.82) is 0 Å². The zero-order chi connectivity index (χ0) is 65.1. The Bertz CT molecular complexity index is 3380. The van der Waals surface area contributed by atoms with Crippen LogP contribution in [0.15, 0.2) is 91.0 Å². The molecule has 32 heteroatoms. The lowest BCUT2D eigenvalue weighted by atomic mass is 9.98. The van der Waals surface area contributed by atoms with E-state index in [9.17, 15) is 74.1 Å². The number of amides is 8. The van der Waals surface area contributed by atoms with Crippen LogP contribution in [-0.4, -0.2) is 207 Å². The van der Waals surface area contributed by atoms with Gasteiger partial charge in [-0.1, -0.05) is 82.2 Å². The number of aliphatic hydroxyl groups excluding tert-OH is 6. The first-order chi connectivity index (χ1) is 42.9. The van der Waals surface area contributed by atoms with Gasteiger partial charge in [-0.2, -0.15) is 0 Å². The largest absolute Gasteiger partial charge is 0.504 e. The van der Waals surface area contributed by atoms with Crippen molar-refractivity contribution in [3.8, 4) is 49.5 Å². The number of phenolic OH excluding ortho intramolecular Hbond substituents is 1. The molecule has 8 rings (SSSR count). The molecule has 30 nitrogen and oxygen atoms in total. The first-order valence-electron chi connectivity index (χ1n) is 28.3. The van der Waals surface area contributed by atoms with Gasteiger partial charge in [0, 0.05) is 61.5 Å². The highest BCUT2D eigenvalue weighted by Crippen LogP contribution is 2.34. The maximum absolute atomic E-state index is 14.7. The van der Waals surface area contributed by atoms with Gasteiger partial charge >= 0.3 is 0 Å². The van der Waals surface area contributed by atoms with Crippen LogP contribution >= 0.6 is 23.7 Å². The molecule has 3 saturated heterocycles. The van der Waals surface area contributed by atoms with Crippen LogP contribution in [-0.2, 0) is 49.4 Å². The number of nitrogens with one attached hydrogen (secondary N) is 5. The van der Waals surface area contributed by atoms with Crippen LogP contribution in [0, 0.1) is 5.92 Å². The van der Waals surface area contributed by atoms with Gasteiger partial charge in [-0.15, -0.1) is 10.2 Å². The summed E-state index contributed by atoms with van der Waals surface area (Å²) in [5.74, 6) is -10.4. The summed E-state index contributed by atoms with van der Waals surface area (Å²) in [6, 6.07) is 13.3. The Morgan fingerprint density at radius 1 is 0.744 bits per heavy atom. The molecule has 0 spiro atoms. The normalized spacial score (nSPS) is 24.9. The molecule has 5 aromatic rings. The molecule has 3 fully saturated rings. The molecule has 15 N–H and O–H groups in total. The highest BCUT2D eigenvalue weighted by Gasteiger charge is 2.50. The van der Waals surface area contributed by atoms with Crippen LogP contribution in [0.4, 0.5) is 0 Å². The second-order valence-corrected chi connectivity index (χ2v) is 23.2. The summed E-state index contributed by atoms with van der Waals surface area (Å²) < 4.78 is 14.9. The Hall–Kier alpha value is -8.41. The summed E-state index contributed by atoms with van der Waals surface area (Å²) in [5, 5.41) is 112. The molecule has 3 aliphatic heterocycles. The molecule has 13 atom stereocenters. The number of hydrogen-bond acceptors (Lipinski definition) is 24. The zero-order valence-electron chi connectivity index (χ0n) is 48.5. The predicted molar refractivity (Wildman–Crippen MR) is 317 cm³/mol. The van der Waals surface area contributed by atoms with E-state index in [1.807, 2.05) is 55.5 Å². The van der Waals surface area contributed by atoms with Gasteiger partial charge in [0.05, 0.1) is 49.7 Å². The SMILES string of the molecule is CCOc1ccc(-c2ccc(-c3nnc(-c4ccc(C(=O)NC5CC(O)CNC(=O)C6C(O)C(C)CN6C(=O)C(C(O)CC(N)=O)NC(=O)C(C(O)Cc6ccc(O)c(OSOOO)c6)NC(=O)C6CC(O)CN6C(=O)C(C(C)O)NC5=O)cc4)s3)cc2)cc1. The lowest BCUT2D eigenvalue weighted by molar-refractivity contribution is -0.433. The molecular weight excluding hydrogens is 1220 g/mol. The van der Waals surface area contributed by atoms with Gasteiger partial charge in [-0.3, -0.25) is 38.4 Å². The van der Waals surface area contributed by atoms with Gasteiger partial charge in [0.25, 0.3) is 18.2 Å². The van der Waals surface area contributed by atoms with E-state index in [2.05, 4.69) is 46.2 Å². The summed E-state index contributed by atoms with van der Waals surface area (Å²) in [5.41, 5.74) is 8.84.